The van der Waals surface area contributed by atoms with Gasteiger partial charge < -0.3 is 0 Å². The first-order valence-electron chi connectivity index (χ1n) is 11.2. The molecule has 2 aromatic rings. The van der Waals surface area contributed by atoms with E-state index in [0.29, 0.717) is 29.0 Å². The van der Waals surface area contributed by atoms with Crippen molar-refractivity contribution in [1.29, 1.82) is 0 Å². The summed E-state index contributed by atoms with van der Waals surface area (Å²) >= 11 is 0. The molecule has 1 aliphatic heterocycles. The van der Waals surface area contributed by atoms with Gasteiger partial charge in [-0.25, -0.2) is 0 Å². The standard InChI is InChI=1S/C26H25NO6S/c1-25(2)18-14-15-26(25,3)22(28)21(18)34(31,32)33-27-23(29)19(16-10-6-4-7-11-16)20(24(27)30)17-12-8-5-9-13-17/h4-13,18,21H,14-15H2,1-3H3. The fourth-order valence-electron chi connectivity index (χ4n) is 5.81. The number of Topliss-reactive ketones (excluding diaryl/α,β-unsaturated/α-hetero) is 1. The van der Waals surface area contributed by atoms with E-state index in [1.54, 1.807) is 67.6 Å². The summed E-state index contributed by atoms with van der Waals surface area (Å²) in [5, 5.41) is -1.11. The number of imide groups is 1. The molecule has 0 radical (unpaired) electrons. The van der Waals surface area contributed by atoms with Crippen molar-refractivity contribution < 1.29 is 27.1 Å². The molecule has 7 nitrogen and oxygen atoms in total. The lowest BCUT2D eigenvalue weighted by Gasteiger charge is -2.32. The van der Waals surface area contributed by atoms with E-state index >= 15 is 0 Å². The average Bonchev–Trinajstić information content (AvgIpc) is 3.25. The molecule has 0 spiro atoms. The molecule has 0 N–H and O–H groups in total. The number of hydrogen-bond acceptors (Lipinski definition) is 6. The second-order valence-electron chi connectivity index (χ2n) is 9.94. The summed E-state index contributed by atoms with van der Waals surface area (Å²) in [5.74, 6) is -2.61. The van der Waals surface area contributed by atoms with Crippen molar-refractivity contribution in [3.8, 4) is 0 Å². The van der Waals surface area contributed by atoms with Crippen LogP contribution in [0.15, 0.2) is 60.7 Å². The van der Waals surface area contributed by atoms with Gasteiger partial charge in [-0.3, -0.25) is 14.4 Å². The van der Waals surface area contributed by atoms with Crippen LogP contribution < -0.4 is 0 Å². The average molecular weight is 480 g/mol. The largest absolute Gasteiger partial charge is 0.299 e. The van der Waals surface area contributed by atoms with Crippen LogP contribution in [0.5, 0.6) is 0 Å². The van der Waals surface area contributed by atoms with Crippen molar-refractivity contribution >= 4 is 38.9 Å². The molecule has 8 heteroatoms. The summed E-state index contributed by atoms with van der Waals surface area (Å²) in [4.78, 5) is 40.0. The predicted molar refractivity (Wildman–Crippen MR) is 125 cm³/mol. The van der Waals surface area contributed by atoms with Gasteiger partial charge in [-0.1, -0.05) is 81.4 Å². The highest BCUT2D eigenvalue weighted by Gasteiger charge is 2.70. The summed E-state index contributed by atoms with van der Waals surface area (Å²) < 4.78 is 32.0. The summed E-state index contributed by atoms with van der Waals surface area (Å²) in [7, 11) is -4.60. The fourth-order valence-corrected chi connectivity index (χ4v) is 7.65. The number of hydroxylamine groups is 2. The van der Waals surface area contributed by atoms with Crippen LogP contribution in [-0.4, -0.2) is 36.3 Å². The van der Waals surface area contributed by atoms with Gasteiger partial charge >= 0.3 is 0 Å². The van der Waals surface area contributed by atoms with Crippen LogP contribution in [0.2, 0.25) is 0 Å². The van der Waals surface area contributed by atoms with Gasteiger partial charge in [0.05, 0.1) is 11.1 Å². The zero-order valence-electron chi connectivity index (χ0n) is 19.1. The van der Waals surface area contributed by atoms with Gasteiger partial charge in [0.2, 0.25) is 0 Å². The number of ketones is 1. The van der Waals surface area contributed by atoms with Crippen LogP contribution in [-0.2, 0) is 28.8 Å². The van der Waals surface area contributed by atoms with E-state index in [4.69, 9.17) is 4.28 Å². The second-order valence-corrected chi connectivity index (χ2v) is 11.6. The van der Waals surface area contributed by atoms with Crippen LogP contribution in [0.4, 0.5) is 0 Å². The second kappa shape index (κ2) is 7.45. The Morgan fingerprint density at radius 2 is 1.29 bits per heavy atom. The lowest BCUT2D eigenvalue weighted by Crippen LogP contribution is -2.44. The van der Waals surface area contributed by atoms with Crippen LogP contribution in [0.25, 0.3) is 11.1 Å². The minimum absolute atomic E-state index is 0.0542. The number of nitrogens with zero attached hydrogens (tertiary/aromatic N) is 1. The zero-order chi connectivity index (χ0) is 24.5. The van der Waals surface area contributed by atoms with Crippen molar-refractivity contribution in [2.24, 2.45) is 16.7 Å². The molecule has 1 heterocycles. The molecule has 2 saturated carbocycles. The number of benzene rings is 2. The lowest BCUT2D eigenvalue weighted by atomic mass is 9.70. The Hall–Kier alpha value is -3.10. The predicted octanol–water partition coefficient (Wildman–Crippen LogP) is 3.62. The first-order chi connectivity index (χ1) is 16.0. The van der Waals surface area contributed by atoms with Crippen molar-refractivity contribution in [3.63, 3.8) is 0 Å². The first kappa shape index (κ1) is 22.7. The maximum absolute atomic E-state index is 13.4. The minimum Gasteiger partial charge on any atom is -0.297 e. The van der Waals surface area contributed by atoms with Gasteiger partial charge in [-0.05, 0) is 35.3 Å². The maximum atomic E-state index is 13.4. The minimum atomic E-state index is -4.60. The zero-order valence-corrected chi connectivity index (χ0v) is 20.0. The molecule has 3 unspecified atom stereocenters. The third-order valence-electron chi connectivity index (χ3n) is 8.13. The smallest absolute Gasteiger partial charge is 0.297 e. The molecule has 3 atom stereocenters. The Balaban J connectivity index is 1.54. The maximum Gasteiger partial charge on any atom is 0.299 e. The number of fused-ring (bicyclic) bond motifs is 2. The van der Waals surface area contributed by atoms with Gasteiger partial charge in [0.15, 0.2) is 11.0 Å². The molecule has 2 bridgehead atoms. The fraction of sp³-hybridized carbons (Fsp3) is 0.346. The molecule has 0 aromatic heterocycles. The molecule has 0 saturated heterocycles. The number of carbonyl (C=O) groups excluding carboxylic acids is 3. The van der Waals surface area contributed by atoms with Gasteiger partial charge in [0.25, 0.3) is 21.9 Å². The van der Waals surface area contributed by atoms with Crippen molar-refractivity contribution in [3.05, 3.63) is 71.8 Å². The summed E-state index contributed by atoms with van der Waals surface area (Å²) in [5.41, 5.74) is -0.286. The molecule has 5 rings (SSSR count). The topological polar surface area (TPSA) is 97.8 Å². The molecule has 2 amide bonds. The normalized spacial score (nSPS) is 28.3. The first-order valence-corrected chi connectivity index (χ1v) is 12.7. The molecule has 2 fully saturated rings. The van der Waals surface area contributed by atoms with E-state index in [1.165, 1.54) is 0 Å². The highest BCUT2D eigenvalue weighted by Crippen LogP contribution is 2.65. The number of carbonyl (C=O) groups is 3. The summed E-state index contributed by atoms with van der Waals surface area (Å²) in [6.45, 7) is 5.58. The highest BCUT2D eigenvalue weighted by atomic mass is 32.2. The van der Waals surface area contributed by atoms with Crippen molar-refractivity contribution in [1.82, 2.24) is 5.06 Å². The lowest BCUT2D eigenvalue weighted by molar-refractivity contribution is -0.161. The molecular formula is C26H25NO6S. The Morgan fingerprint density at radius 3 is 1.71 bits per heavy atom. The van der Waals surface area contributed by atoms with Crippen molar-refractivity contribution in [2.45, 2.75) is 38.9 Å². The summed E-state index contributed by atoms with van der Waals surface area (Å²) in [6.07, 6.45) is 1.17. The van der Waals surface area contributed by atoms with Gasteiger partial charge in [-0.15, -0.1) is 9.35 Å². The van der Waals surface area contributed by atoms with E-state index in [0.717, 1.165) is 0 Å². The third kappa shape index (κ3) is 2.98. The Labute approximate surface area is 198 Å². The van der Waals surface area contributed by atoms with E-state index in [-0.39, 0.29) is 11.1 Å². The van der Waals surface area contributed by atoms with Gasteiger partial charge in [0, 0.05) is 5.41 Å². The van der Waals surface area contributed by atoms with E-state index < -0.39 is 49.7 Å². The summed E-state index contributed by atoms with van der Waals surface area (Å²) in [6, 6.07) is 17.1. The quantitative estimate of drug-likeness (QED) is 0.608. The van der Waals surface area contributed by atoms with Crippen LogP contribution in [0, 0.1) is 16.7 Å². The number of hydrogen-bond donors (Lipinski definition) is 0. The van der Waals surface area contributed by atoms with E-state index in [1.807, 2.05) is 13.8 Å². The highest BCUT2D eigenvalue weighted by molar-refractivity contribution is 7.88. The Morgan fingerprint density at radius 1 is 0.824 bits per heavy atom. The van der Waals surface area contributed by atoms with Crippen LogP contribution >= 0.6 is 0 Å². The number of amides is 2. The van der Waals surface area contributed by atoms with E-state index in [2.05, 4.69) is 0 Å². The number of rotatable bonds is 5. The van der Waals surface area contributed by atoms with E-state index in [9.17, 15) is 22.8 Å². The third-order valence-corrected chi connectivity index (χ3v) is 9.65. The Kier molecular flexibility index (Phi) is 4.97. The molecular weight excluding hydrogens is 454 g/mol. The Bertz CT molecular complexity index is 1280. The van der Waals surface area contributed by atoms with Crippen LogP contribution in [0.3, 0.4) is 0 Å². The monoisotopic (exact) mass is 479 g/mol. The molecule has 2 aliphatic carbocycles. The van der Waals surface area contributed by atoms with Crippen LogP contribution in [0.1, 0.15) is 44.7 Å². The molecule has 3 aliphatic rings. The van der Waals surface area contributed by atoms with Gasteiger partial charge in [-0.2, -0.15) is 8.42 Å². The van der Waals surface area contributed by atoms with Gasteiger partial charge in [0.1, 0.15) is 0 Å². The molecule has 34 heavy (non-hydrogen) atoms. The van der Waals surface area contributed by atoms with Crippen molar-refractivity contribution in [2.75, 3.05) is 0 Å². The molecule has 2 aromatic carbocycles. The molecule has 176 valence electrons. The SMILES string of the molecule is CC12CCC(C(S(=O)(=O)ON3C(=O)C(c4ccccc4)=C(c4ccccc4)C3=O)C1=O)C2(C)C.